The van der Waals surface area contributed by atoms with Crippen molar-refractivity contribution in [3.05, 3.63) is 33.8 Å². The largest absolute Gasteiger partial charge is 0.198 e. The Labute approximate surface area is 87.9 Å². The van der Waals surface area contributed by atoms with Gasteiger partial charge in [0, 0.05) is 15.6 Å². The van der Waals surface area contributed by atoms with Gasteiger partial charge in [0.15, 0.2) is 0 Å². The third kappa shape index (κ3) is 2.15. The second-order valence-electron chi connectivity index (χ2n) is 2.73. The Morgan fingerprint density at radius 2 is 1.92 bits per heavy atom. The van der Waals surface area contributed by atoms with Crippen LogP contribution in [0.4, 0.5) is 0 Å². The number of halogens is 2. The third-order valence-electron chi connectivity index (χ3n) is 1.91. The van der Waals surface area contributed by atoms with Gasteiger partial charge >= 0.3 is 0 Å². The first-order valence-corrected chi connectivity index (χ1v) is 4.79. The van der Waals surface area contributed by atoms with Crippen molar-refractivity contribution in [1.82, 2.24) is 0 Å². The van der Waals surface area contributed by atoms with E-state index in [0.29, 0.717) is 10.0 Å². The zero-order valence-electron chi connectivity index (χ0n) is 7.22. The van der Waals surface area contributed by atoms with Crippen molar-refractivity contribution in [3.63, 3.8) is 0 Å². The Balaban J connectivity index is 3.20. The zero-order valence-corrected chi connectivity index (χ0v) is 8.73. The van der Waals surface area contributed by atoms with E-state index in [4.69, 9.17) is 28.5 Å². The van der Waals surface area contributed by atoms with Crippen LogP contribution in [0.3, 0.4) is 0 Å². The molecule has 0 aliphatic carbocycles. The topological polar surface area (TPSA) is 23.8 Å². The van der Waals surface area contributed by atoms with Crippen LogP contribution < -0.4 is 0 Å². The summed E-state index contributed by atoms with van der Waals surface area (Å²) in [5.41, 5.74) is 0.746. The van der Waals surface area contributed by atoms with Gasteiger partial charge < -0.3 is 0 Å². The van der Waals surface area contributed by atoms with Crippen LogP contribution in [0.25, 0.3) is 0 Å². The molecule has 13 heavy (non-hydrogen) atoms. The Morgan fingerprint density at radius 3 is 2.31 bits per heavy atom. The van der Waals surface area contributed by atoms with Gasteiger partial charge in [-0.1, -0.05) is 36.2 Å². The minimum atomic E-state index is -0.207. The highest BCUT2D eigenvalue weighted by Crippen LogP contribution is 2.32. The fourth-order valence-electron chi connectivity index (χ4n) is 1.20. The van der Waals surface area contributed by atoms with E-state index in [2.05, 4.69) is 6.07 Å². The number of hydrogen-bond acceptors (Lipinski definition) is 1. The van der Waals surface area contributed by atoms with Gasteiger partial charge in [0.25, 0.3) is 0 Å². The Kier molecular flexibility index (Phi) is 3.59. The minimum Gasteiger partial charge on any atom is -0.198 e. The van der Waals surface area contributed by atoms with Crippen LogP contribution in [0.2, 0.25) is 10.0 Å². The number of hydrogen-bond donors (Lipinski definition) is 0. The molecule has 0 heterocycles. The SMILES string of the molecule is CCC(C#N)c1c(Cl)cccc1Cl. The molecule has 0 amide bonds. The molecule has 0 saturated heterocycles. The zero-order chi connectivity index (χ0) is 9.84. The predicted molar refractivity (Wildman–Crippen MR) is 55.1 cm³/mol. The molecule has 0 bridgehead atoms. The maximum absolute atomic E-state index is 8.86. The summed E-state index contributed by atoms with van der Waals surface area (Å²) in [5, 5.41) is 10.0. The monoisotopic (exact) mass is 213 g/mol. The van der Waals surface area contributed by atoms with Crippen molar-refractivity contribution in [2.24, 2.45) is 0 Å². The second kappa shape index (κ2) is 4.50. The van der Waals surface area contributed by atoms with Gasteiger partial charge in [-0.3, -0.25) is 0 Å². The maximum atomic E-state index is 8.86. The summed E-state index contributed by atoms with van der Waals surface area (Å²) in [4.78, 5) is 0. The van der Waals surface area contributed by atoms with Crippen LogP contribution in [-0.2, 0) is 0 Å². The molecule has 0 spiro atoms. The van der Waals surface area contributed by atoms with Crippen LogP contribution in [0.1, 0.15) is 24.8 Å². The summed E-state index contributed by atoms with van der Waals surface area (Å²) >= 11 is 11.9. The van der Waals surface area contributed by atoms with Crippen molar-refractivity contribution < 1.29 is 0 Å². The van der Waals surface area contributed by atoms with Gasteiger partial charge in [-0.2, -0.15) is 5.26 Å². The lowest BCUT2D eigenvalue weighted by Gasteiger charge is -2.10. The molecule has 1 aromatic carbocycles. The molecule has 68 valence electrons. The molecule has 1 rings (SSSR count). The average molecular weight is 214 g/mol. The summed E-state index contributed by atoms with van der Waals surface area (Å²) < 4.78 is 0. The molecule has 0 fully saturated rings. The molecule has 1 aromatic rings. The Bertz CT molecular complexity index is 321. The van der Waals surface area contributed by atoms with Gasteiger partial charge in [-0.15, -0.1) is 0 Å². The van der Waals surface area contributed by atoms with E-state index in [1.54, 1.807) is 18.2 Å². The standard InChI is InChI=1S/C10H9Cl2N/c1-2-7(6-13)10-8(11)4-3-5-9(10)12/h3-5,7H,2H2,1H3. The molecular weight excluding hydrogens is 205 g/mol. The molecule has 0 N–H and O–H groups in total. The van der Waals surface area contributed by atoms with Crippen LogP contribution in [0.15, 0.2) is 18.2 Å². The van der Waals surface area contributed by atoms with E-state index in [9.17, 15) is 0 Å². The molecule has 0 aromatic heterocycles. The van der Waals surface area contributed by atoms with Gasteiger partial charge in [0.1, 0.15) is 0 Å². The summed E-state index contributed by atoms with van der Waals surface area (Å²) in [6.07, 6.45) is 0.722. The second-order valence-corrected chi connectivity index (χ2v) is 3.54. The molecule has 0 aliphatic rings. The lowest BCUT2D eigenvalue weighted by atomic mass is 9.98. The summed E-state index contributed by atoms with van der Waals surface area (Å²) in [7, 11) is 0. The highest BCUT2D eigenvalue weighted by atomic mass is 35.5. The first kappa shape index (κ1) is 10.4. The van der Waals surface area contributed by atoms with Gasteiger partial charge in [0.2, 0.25) is 0 Å². The van der Waals surface area contributed by atoms with E-state index < -0.39 is 0 Å². The molecule has 0 saturated carbocycles. The van der Waals surface area contributed by atoms with Crippen LogP contribution >= 0.6 is 23.2 Å². The normalized spacial score (nSPS) is 12.2. The maximum Gasteiger partial charge on any atom is 0.0739 e. The van der Waals surface area contributed by atoms with Crippen molar-refractivity contribution in [2.45, 2.75) is 19.3 Å². The van der Waals surface area contributed by atoms with Crippen LogP contribution in [0.5, 0.6) is 0 Å². The predicted octanol–water partition coefficient (Wildman–Crippen LogP) is 4.01. The molecule has 3 heteroatoms. The van der Waals surface area contributed by atoms with Crippen LogP contribution in [-0.4, -0.2) is 0 Å². The van der Waals surface area contributed by atoms with Crippen molar-refractivity contribution in [1.29, 1.82) is 5.26 Å². The first-order chi connectivity index (χ1) is 6.20. The lowest BCUT2D eigenvalue weighted by molar-refractivity contribution is 0.819. The smallest absolute Gasteiger partial charge is 0.0739 e. The van der Waals surface area contributed by atoms with Gasteiger partial charge in [-0.05, 0) is 18.6 Å². The fraction of sp³-hybridized carbons (Fsp3) is 0.300. The number of nitriles is 1. The van der Waals surface area contributed by atoms with Gasteiger partial charge in [0.05, 0.1) is 12.0 Å². The number of nitrogens with zero attached hydrogens (tertiary/aromatic N) is 1. The van der Waals surface area contributed by atoms with E-state index in [1.165, 1.54) is 0 Å². The molecule has 1 atom stereocenters. The lowest BCUT2D eigenvalue weighted by Crippen LogP contribution is -1.95. The average Bonchev–Trinajstić information content (AvgIpc) is 2.11. The van der Waals surface area contributed by atoms with E-state index in [0.717, 1.165) is 12.0 Å². The summed E-state index contributed by atoms with van der Waals surface area (Å²) in [6, 6.07) is 7.46. The fourth-order valence-corrected chi connectivity index (χ4v) is 1.86. The highest BCUT2D eigenvalue weighted by Gasteiger charge is 2.15. The van der Waals surface area contributed by atoms with Crippen LogP contribution in [0, 0.1) is 11.3 Å². The minimum absolute atomic E-state index is 0.207. The Hall–Kier alpha value is -0.710. The molecule has 0 radical (unpaired) electrons. The van der Waals surface area contributed by atoms with E-state index in [-0.39, 0.29) is 5.92 Å². The highest BCUT2D eigenvalue weighted by molar-refractivity contribution is 6.36. The first-order valence-electron chi connectivity index (χ1n) is 4.04. The molecule has 1 unspecified atom stereocenters. The molecule has 0 aliphatic heterocycles. The molecule has 1 nitrogen and oxygen atoms in total. The van der Waals surface area contributed by atoms with E-state index >= 15 is 0 Å². The van der Waals surface area contributed by atoms with Gasteiger partial charge in [-0.25, -0.2) is 0 Å². The summed E-state index contributed by atoms with van der Waals surface area (Å²) in [5.74, 6) is -0.207. The number of rotatable bonds is 2. The van der Waals surface area contributed by atoms with E-state index in [1.807, 2.05) is 6.92 Å². The quantitative estimate of drug-likeness (QED) is 0.729. The Morgan fingerprint density at radius 1 is 1.38 bits per heavy atom. The summed E-state index contributed by atoms with van der Waals surface area (Å²) in [6.45, 7) is 1.94. The third-order valence-corrected chi connectivity index (χ3v) is 2.57. The molecular formula is C10H9Cl2N. The van der Waals surface area contributed by atoms with Crippen molar-refractivity contribution in [2.75, 3.05) is 0 Å². The number of benzene rings is 1. The van der Waals surface area contributed by atoms with Crippen molar-refractivity contribution >= 4 is 23.2 Å². The van der Waals surface area contributed by atoms with Crippen molar-refractivity contribution in [3.8, 4) is 6.07 Å².